The first-order valence-electron chi connectivity index (χ1n) is 10.6. The molecule has 0 aromatic heterocycles. The van der Waals surface area contributed by atoms with Crippen LogP contribution in [0.1, 0.15) is 84.6 Å². The monoisotopic (exact) mass is 360 g/mol. The summed E-state index contributed by atoms with van der Waals surface area (Å²) >= 11 is 0. The lowest BCUT2D eigenvalue weighted by Gasteiger charge is -2.47. The number of carboxylic acid groups (broad SMARTS) is 1. The topological polar surface area (TPSA) is 37.3 Å². The summed E-state index contributed by atoms with van der Waals surface area (Å²) in [7, 11) is 0. The van der Waals surface area contributed by atoms with Crippen molar-refractivity contribution in [2.24, 2.45) is 23.2 Å². The van der Waals surface area contributed by atoms with Gasteiger partial charge in [-0.25, -0.2) is 0 Å². The van der Waals surface area contributed by atoms with Crippen LogP contribution in [0.15, 0.2) is 30.3 Å². The van der Waals surface area contributed by atoms with E-state index in [9.17, 15) is 4.79 Å². The van der Waals surface area contributed by atoms with Gasteiger partial charge in [-0.3, -0.25) is 4.79 Å². The molecule has 0 amide bonds. The number of fused-ring (bicyclic) bond motifs is 2. The average molecular weight is 361 g/mol. The zero-order valence-electron chi connectivity index (χ0n) is 17.6. The Morgan fingerprint density at radius 1 is 1.08 bits per heavy atom. The lowest BCUT2D eigenvalue weighted by molar-refractivity contribution is -0.137. The van der Waals surface area contributed by atoms with Crippen molar-refractivity contribution in [3.63, 3.8) is 0 Å². The van der Waals surface area contributed by atoms with Crippen molar-refractivity contribution in [1.29, 1.82) is 0 Å². The third-order valence-electron chi connectivity index (χ3n) is 5.81. The van der Waals surface area contributed by atoms with Gasteiger partial charge < -0.3 is 5.11 Å². The molecule has 0 aliphatic heterocycles. The van der Waals surface area contributed by atoms with Crippen LogP contribution < -0.4 is 0 Å². The molecule has 0 heterocycles. The van der Waals surface area contributed by atoms with Crippen molar-refractivity contribution >= 4 is 5.97 Å². The number of benzene rings is 1. The largest absolute Gasteiger partial charge is 0.481 e. The fraction of sp³-hybridized carbons (Fsp3) is 0.708. The molecule has 0 spiro atoms. The summed E-state index contributed by atoms with van der Waals surface area (Å²) in [6, 6.07) is 10.3. The molecule has 2 aliphatic rings. The standard InChI is InChI=1S/C15H26O2.C7H8.C2H6/c1-11-6-12-8-13(7-11)10-15(2,9-12)5-3-4-14(16)17;1-7-5-3-2-4-6-7;1-2/h11-13H,3-10H2,1-2H3,(H,16,17);2-6H,1H3;1-2H3. The summed E-state index contributed by atoms with van der Waals surface area (Å²) in [5, 5.41) is 8.72. The first-order valence-corrected chi connectivity index (χ1v) is 10.6. The first kappa shape index (κ1) is 22.7. The molecule has 3 rings (SSSR count). The average Bonchev–Trinajstić information content (AvgIpc) is 2.56. The second-order valence-electron chi connectivity index (χ2n) is 8.67. The van der Waals surface area contributed by atoms with Gasteiger partial charge in [0.25, 0.3) is 0 Å². The number of hydrogen-bond acceptors (Lipinski definition) is 1. The van der Waals surface area contributed by atoms with Crippen LogP contribution in [0, 0.1) is 30.1 Å². The molecule has 2 saturated carbocycles. The molecule has 0 saturated heterocycles. The Kier molecular flexibility index (Phi) is 9.98. The molecule has 1 N–H and O–H groups in total. The Balaban J connectivity index is 0.000000313. The molecule has 2 nitrogen and oxygen atoms in total. The molecule has 0 radical (unpaired) electrons. The molecular weight excluding hydrogens is 320 g/mol. The number of carboxylic acids is 1. The van der Waals surface area contributed by atoms with Gasteiger partial charge in [-0.1, -0.05) is 63.6 Å². The van der Waals surface area contributed by atoms with Crippen LogP contribution in [0.25, 0.3) is 0 Å². The van der Waals surface area contributed by atoms with E-state index in [1.165, 1.54) is 37.7 Å². The highest BCUT2D eigenvalue weighted by Crippen LogP contribution is 2.52. The second kappa shape index (κ2) is 11.4. The van der Waals surface area contributed by atoms with E-state index in [0.717, 1.165) is 30.6 Å². The summed E-state index contributed by atoms with van der Waals surface area (Å²) in [4.78, 5) is 10.6. The summed E-state index contributed by atoms with van der Waals surface area (Å²) in [5.74, 6) is 2.13. The smallest absolute Gasteiger partial charge is 0.303 e. The van der Waals surface area contributed by atoms with Gasteiger partial charge in [0.2, 0.25) is 0 Å². The maximum atomic E-state index is 10.6. The number of aliphatic carboxylic acids is 1. The molecule has 2 aliphatic carbocycles. The minimum Gasteiger partial charge on any atom is -0.481 e. The van der Waals surface area contributed by atoms with Crippen LogP contribution >= 0.6 is 0 Å². The molecule has 1 aromatic carbocycles. The van der Waals surface area contributed by atoms with Gasteiger partial charge in [0, 0.05) is 6.42 Å². The number of aryl methyl sites for hydroxylation is 1. The molecule has 2 fully saturated rings. The molecular formula is C24H40O2. The van der Waals surface area contributed by atoms with E-state index in [0.29, 0.717) is 11.8 Å². The Labute approximate surface area is 161 Å². The molecule has 26 heavy (non-hydrogen) atoms. The lowest BCUT2D eigenvalue weighted by Crippen LogP contribution is -2.36. The van der Waals surface area contributed by atoms with Crippen molar-refractivity contribution in [3.05, 3.63) is 35.9 Å². The van der Waals surface area contributed by atoms with Gasteiger partial charge in [0.1, 0.15) is 0 Å². The molecule has 2 atom stereocenters. The van der Waals surface area contributed by atoms with Gasteiger partial charge in [-0.2, -0.15) is 0 Å². The van der Waals surface area contributed by atoms with E-state index in [2.05, 4.69) is 32.9 Å². The Bertz CT molecular complexity index is 490. The highest BCUT2D eigenvalue weighted by Gasteiger charge is 2.40. The fourth-order valence-corrected chi connectivity index (χ4v) is 5.11. The molecule has 2 unspecified atom stereocenters. The Morgan fingerprint density at radius 2 is 1.62 bits per heavy atom. The maximum absolute atomic E-state index is 10.6. The molecule has 148 valence electrons. The lowest BCUT2D eigenvalue weighted by atomic mass is 9.58. The summed E-state index contributed by atoms with van der Waals surface area (Å²) in [6.07, 6.45) is 9.26. The quantitative estimate of drug-likeness (QED) is 0.621. The fourth-order valence-electron chi connectivity index (χ4n) is 5.11. The zero-order chi connectivity index (χ0) is 19.6. The van der Waals surface area contributed by atoms with E-state index < -0.39 is 5.97 Å². The van der Waals surface area contributed by atoms with E-state index in [1.807, 2.05) is 32.0 Å². The van der Waals surface area contributed by atoms with Gasteiger partial charge in [0.05, 0.1) is 0 Å². The third-order valence-corrected chi connectivity index (χ3v) is 5.81. The first-order chi connectivity index (χ1) is 12.4. The SMILES string of the molecule is CC.CC1CC2CC(C1)CC(C)(CCCC(=O)O)C2.Cc1ccccc1. The minimum atomic E-state index is -0.641. The van der Waals surface area contributed by atoms with Gasteiger partial charge in [-0.15, -0.1) is 0 Å². The van der Waals surface area contributed by atoms with Crippen LogP contribution in [0.4, 0.5) is 0 Å². The predicted molar refractivity (Wildman–Crippen MR) is 111 cm³/mol. The molecule has 1 aromatic rings. The van der Waals surface area contributed by atoms with Crippen LogP contribution in [0.2, 0.25) is 0 Å². The highest BCUT2D eigenvalue weighted by molar-refractivity contribution is 5.66. The molecule has 2 bridgehead atoms. The summed E-state index contributed by atoms with van der Waals surface area (Å²) in [5.41, 5.74) is 1.76. The van der Waals surface area contributed by atoms with Crippen molar-refractivity contribution in [2.75, 3.05) is 0 Å². The molecule has 2 heteroatoms. The van der Waals surface area contributed by atoms with E-state index >= 15 is 0 Å². The Hall–Kier alpha value is -1.31. The van der Waals surface area contributed by atoms with Crippen molar-refractivity contribution in [3.8, 4) is 0 Å². The van der Waals surface area contributed by atoms with E-state index in [4.69, 9.17) is 5.11 Å². The van der Waals surface area contributed by atoms with Crippen molar-refractivity contribution in [1.82, 2.24) is 0 Å². The van der Waals surface area contributed by atoms with Crippen LogP contribution in [0.5, 0.6) is 0 Å². The van der Waals surface area contributed by atoms with Gasteiger partial charge >= 0.3 is 5.97 Å². The van der Waals surface area contributed by atoms with Crippen LogP contribution in [-0.4, -0.2) is 11.1 Å². The zero-order valence-corrected chi connectivity index (χ0v) is 17.6. The van der Waals surface area contributed by atoms with Crippen LogP contribution in [0.3, 0.4) is 0 Å². The Morgan fingerprint density at radius 3 is 2.04 bits per heavy atom. The number of rotatable bonds is 4. The predicted octanol–water partition coefficient (Wildman–Crippen LogP) is 7.12. The van der Waals surface area contributed by atoms with E-state index in [1.54, 1.807) is 0 Å². The van der Waals surface area contributed by atoms with Gasteiger partial charge in [0.15, 0.2) is 0 Å². The highest BCUT2D eigenvalue weighted by atomic mass is 16.4. The van der Waals surface area contributed by atoms with Crippen LogP contribution in [-0.2, 0) is 4.79 Å². The van der Waals surface area contributed by atoms with Gasteiger partial charge in [-0.05, 0) is 75.0 Å². The summed E-state index contributed by atoms with van der Waals surface area (Å²) in [6.45, 7) is 10.9. The second-order valence-corrected chi connectivity index (χ2v) is 8.67. The number of hydrogen-bond donors (Lipinski definition) is 1. The van der Waals surface area contributed by atoms with E-state index in [-0.39, 0.29) is 0 Å². The normalized spacial score (nSPS) is 29.5. The maximum Gasteiger partial charge on any atom is 0.303 e. The third kappa shape index (κ3) is 8.38. The van der Waals surface area contributed by atoms with Crippen molar-refractivity contribution in [2.45, 2.75) is 86.0 Å². The van der Waals surface area contributed by atoms with Crippen molar-refractivity contribution < 1.29 is 9.90 Å². The summed E-state index contributed by atoms with van der Waals surface area (Å²) < 4.78 is 0. The minimum absolute atomic E-state index is 0.349. The number of carbonyl (C=O) groups is 1.